The molecule has 8 heteroatoms. The van der Waals surface area contributed by atoms with Gasteiger partial charge >= 0.3 is 0 Å². The zero-order valence-corrected chi connectivity index (χ0v) is 22.6. The molecule has 3 heterocycles. The number of benzene rings is 1. The van der Waals surface area contributed by atoms with Gasteiger partial charge in [-0.25, -0.2) is 14.4 Å². The maximum Gasteiger partial charge on any atom is 0.178 e. The summed E-state index contributed by atoms with van der Waals surface area (Å²) in [6.45, 7) is 14.1. The average Bonchev–Trinajstić information content (AvgIpc) is 3.48. The van der Waals surface area contributed by atoms with Crippen LogP contribution in [0.4, 0.5) is 14.5 Å². The van der Waals surface area contributed by atoms with Crippen LogP contribution in [0.2, 0.25) is 0 Å². The number of nitrogens with one attached hydrogen (secondary N) is 2. The summed E-state index contributed by atoms with van der Waals surface area (Å²) in [6.07, 6.45) is 8.17. The summed E-state index contributed by atoms with van der Waals surface area (Å²) in [7, 11) is 0. The summed E-state index contributed by atoms with van der Waals surface area (Å²) in [4.78, 5) is 13.0. The molecule has 0 unspecified atom stereocenters. The highest BCUT2D eigenvalue weighted by molar-refractivity contribution is 7.14. The number of anilines is 1. The van der Waals surface area contributed by atoms with Gasteiger partial charge < -0.3 is 16.0 Å². The largest absolute Gasteiger partial charge is 0.398 e. The molecule has 1 aromatic carbocycles. The van der Waals surface area contributed by atoms with Crippen LogP contribution in [-0.2, 0) is 6.42 Å². The van der Waals surface area contributed by atoms with E-state index in [1.165, 1.54) is 12.1 Å². The fourth-order valence-corrected chi connectivity index (χ4v) is 5.04. The van der Waals surface area contributed by atoms with Gasteiger partial charge in [0, 0.05) is 45.7 Å². The number of thiophene rings is 1. The van der Waals surface area contributed by atoms with Crippen LogP contribution in [0.3, 0.4) is 0 Å². The zero-order valence-electron chi connectivity index (χ0n) is 21.7. The van der Waals surface area contributed by atoms with Crippen LogP contribution in [0.5, 0.6) is 0 Å². The Balaban J connectivity index is 1.66. The van der Waals surface area contributed by atoms with E-state index >= 15 is 4.39 Å². The maximum absolute atomic E-state index is 15.1. The van der Waals surface area contributed by atoms with Crippen molar-refractivity contribution in [3.05, 3.63) is 107 Å². The molecule has 3 aromatic heterocycles. The Morgan fingerprint density at radius 2 is 2.03 bits per heavy atom. The second-order valence-electron chi connectivity index (χ2n) is 9.43. The fraction of sp³-hybridized carbons (Fsp3) is 0.200. The molecule has 4 aromatic rings. The van der Waals surface area contributed by atoms with Crippen molar-refractivity contribution < 1.29 is 8.78 Å². The number of aromatic nitrogens is 3. The second-order valence-corrected chi connectivity index (χ2v) is 10.5. The van der Waals surface area contributed by atoms with Crippen LogP contribution < -0.4 is 11.1 Å². The van der Waals surface area contributed by atoms with Crippen LogP contribution in [-0.4, -0.2) is 15.0 Å². The fourth-order valence-electron chi connectivity index (χ4n) is 4.27. The number of rotatable bonds is 10. The summed E-state index contributed by atoms with van der Waals surface area (Å²) in [5.74, 6) is 0.654. The molecule has 0 aliphatic heterocycles. The molecule has 0 atom stereocenters. The SMILES string of the molecule is C=C/C(=C\C(=C/C)c1cc(Cc2nc3nccc(-c4ccc(F)s4)c3[nH]2)c(N)cc1F)NC(=C)CC(C)C. The van der Waals surface area contributed by atoms with E-state index < -0.39 is 5.82 Å². The first-order valence-corrected chi connectivity index (χ1v) is 13.1. The Morgan fingerprint density at radius 1 is 1.24 bits per heavy atom. The lowest BCUT2D eigenvalue weighted by Crippen LogP contribution is -2.12. The maximum atomic E-state index is 15.1. The van der Waals surface area contributed by atoms with Crippen molar-refractivity contribution >= 4 is 33.8 Å². The first-order valence-electron chi connectivity index (χ1n) is 12.3. The predicted molar refractivity (Wildman–Crippen MR) is 154 cm³/mol. The van der Waals surface area contributed by atoms with Gasteiger partial charge in [-0.2, -0.15) is 4.39 Å². The molecule has 0 fully saturated rings. The van der Waals surface area contributed by atoms with Crippen LogP contribution in [0.1, 0.15) is 44.1 Å². The molecule has 0 saturated heterocycles. The first-order chi connectivity index (χ1) is 18.2. The molecule has 0 aliphatic rings. The quantitative estimate of drug-likeness (QED) is 0.144. The van der Waals surface area contributed by atoms with E-state index in [0.29, 0.717) is 51.7 Å². The number of nitrogen functional groups attached to an aromatic ring is 1. The van der Waals surface area contributed by atoms with E-state index in [9.17, 15) is 4.39 Å². The minimum atomic E-state index is -0.423. The Kier molecular flexibility index (Phi) is 8.22. The average molecular weight is 532 g/mol. The minimum Gasteiger partial charge on any atom is -0.398 e. The lowest BCUT2D eigenvalue weighted by molar-refractivity contribution is 0.622. The number of hydrogen-bond donors (Lipinski definition) is 3. The third-order valence-corrected chi connectivity index (χ3v) is 6.90. The van der Waals surface area contributed by atoms with Gasteiger partial charge in [-0.05, 0) is 72.9 Å². The predicted octanol–water partition coefficient (Wildman–Crippen LogP) is 7.76. The number of allylic oxidation sites excluding steroid dienone is 5. The van der Waals surface area contributed by atoms with E-state index in [4.69, 9.17) is 5.73 Å². The van der Waals surface area contributed by atoms with Crippen molar-refractivity contribution in [3.63, 3.8) is 0 Å². The number of nitrogens with two attached hydrogens (primary N) is 1. The van der Waals surface area contributed by atoms with Crippen LogP contribution in [0.15, 0.2) is 79.3 Å². The summed E-state index contributed by atoms with van der Waals surface area (Å²) in [6, 6.07) is 8.07. The van der Waals surface area contributed by atoms with E-state index in [-0.39, 0.29) is 5.13 Å². The highest BCUT2D eigenvalue weighted by atomic mass is 32.1. The van der Waals surface area contributed by atoms with Gasteiger partial charge in [-0.1, -0.05) is 33.1 Å². The van der Waals surface area contributed by atoms with Gasteiger partial charge in [0.2, 0.25) is 0 Å². The molecule has 5 nitrogen and oxygen atoms in total. The molecule has 38 heavy (non-hydrogen) atoms. The van der Waals surface area contributed by atoms with Crippen LogP contribution in [0, 0.1) is 16.9 Å². The molecular formula is C30H31F2N5S. The Morgan fingerprint density at radius 3 is 2.68 bits per heavy atom. The summed E-state index contributed by atoms with van der Waals surface area (Å²) in [5, 5.41) is 3.01. The van der Waals surface area contributed by atoms with Crippen LogP contribution >= 0.6 is 11.3 Å². The number of imidazole rings is 1. The molecule has 0 aliphatic carbocycles. The smallest absolute Gasteiger partial charge is 0.178 e. The number of fused-ring (bicyclic) bond motifs is 1. The second kappa shape index (κ2) is 11.6. The number of hydrogen-bond acceptors (Lipinski definition) is 5. The highest BCUT2D eigenvalue weighted by Crippen LogP contribution is 2.32. The van der Waals surface area contributed by atoms with Gasteiger partial charge in [-0.3, -0.25) is 0 Å². The van der Waals surface area contributed by atoms with E-state index in [0.717, 1.165) is 39.6 Å². The van der Waals surface area contributed by atoms with E-state index in [1.54, 1.807) is 24.4 Å². The third-order valence-electron chi connectivity index (χ3n) is 6.00. The lowest BCUT2D eigenvalue weighted by atomic mass is 9.98. The molecule has 0 radical (unpaired) electrons. The van der Waals surface area contributed by atoms with Crippen molar-refractivity contribution in [2.24, 2.45) is 5.92 Å². The van der Waals surface area contributed by atoms with Gasteiger partial charge in [0.1, 0.15) is 11.6 Å². The number of H-pyrrole nitrogens is 1. The van der Waals surface area contributed by atoms with Crippen molar-refractivity contribution in [1.82, 2.24) is 20.3 Å². The molecule has 0 amide bonds. The van der Waals surface area contributed by atoms with Gasteiger partial charge in [-0.15, -0.1) is 11.3 Å². The van der Waals surface area contributed by atoms with Crippen molar-refractivity contribution in [1.29, 1.82) is 0 Å². The van der Waals surface area contributed by atoms with Gasteiger partial charge in [0.25, 0.3) is 0 Å². The zero-order chi connectivity index (χ0) is 27.4. The Bertz CT molecular complexity index is 1560. The monoisotopic (exact) mass is 531 g/mol. The number of aromatic amines is 1. The molecular weight excluding hydrogens is 500 g/mol. The lowest BCUT2D eigenvalue weighted by Gasteiger charge is -2.14. The van der Waals surface area contributed by atoms with Crippen LogP contribution in [0.25, 0.3) is 27.2 Å². The topological polar surface area (TPSA) is 79.6 Å². The van der Waals surface area contributed by atoms with E-state index in [1.807, 2.05) is 25.1 Å². The minimum absolute atomic E-state index is 0.260. The van der Waals surface area contributed by atoms with Crippen molar-refractivity contribution in [2.45, 2.75) is 33.6 Å². The number of halogens is 2. The summed E-state index contributed by atoms with van der Waals surface area (Å²) < 4.78 is 28.8. The first kappa shape index (κ1) is 27.0. The normalized spacial score (nSPS) is 12.4. The Hall–Kier alpha value is -4.04. The summed E-state index contributed by atoms with van der Waals surface area (Å²) >= 11 is 1.06. The van der Waals surface area contributed by atoms with Gasteiger partial charge in [0.15, 0.2) is 10.8 Å². The third kappa shape index (κ3) is 6.08. The summed E-state index contributed by atoms with van der Waals surface area (Å²) in [5.41, 5.74) is 12.0. The molecule has 4 N–H and O–H groups in total. The molecule has 0 bridgehead atoms. The number of nitrogens with zero attached hydrogens (tertiary/aromatic N) is 2. The molecule has 196 valence electrons. The standard InChI is InChI=1S/C30H31F2N5S/c1-6-19(13-21(7-2)35-18(5)12-17(3)4)23-14-20(25(33)16-24(23)31)15-28-36-29-22(10-11-34-30(29)37-28)26-8-9-27(32)38-26/h6-11,13-14,16-17,35H,2,5,12,15,33H2,1,3-4H3,(H,34,36,37)/b19-6+,21-13+. The Labute approximate surface area is 225 Å². The highest BCUT2D eigenvalue weighted by Gasteiger charge is 2.16. The molecule has 0 spiro atoms. The number of pyridine rings is 1. The van der Waals surface area contributed by atoms with Crippen molar-refractivity contribution in [2.75, 3.05) is 5.73 Å². The molecule has 0 saturated carbocycles. The van der Waals surface area contributed by atoms with Crippen molar-refractivity contribution in [3.8, 4) is 10.4 Å². The van der Waals surface area contributed by atoms with Gasteiger partial charge in [0.05, 0.1) is 5.52 Å². The molecule has 4 rings (SSSR count). The van der Waals surface area contributed by atoms with E-state index in [2.05, 4.69) is 47.3 Å².